The summed E-state index contributed by atoms with van der Waals surface area (Å²) >= 11 is 0. The predicted molar refractivity (Wildman–Crippen MR) is 118 cm³/mol. The van der Waals surface area contributed by atoms with E-state index in [1.54, 1.807) is 33.5 Å². The number of benzene rings is 1. The zero-order chi connectivity index (χ0) is 22.4. The van der Waals surface area contributed by atoms with Crippen LogP contribution in [0.4, 0.5) is 5.69 Å². The molecular formula is C22H34N4O5. The second-order valence-corrected chi connectivity index (χ2v) is 8.05. The predicted octanol–water partition coefficient (Wildman–Crippen LogP) is 1.33. The number of nitrogens with one attached hydrogen (secondary N) is 2. The van der Waals surface area contributed by atoms with Gasteiger partial charge in [-0.15, -0.1) is 0 Å². The van der Waals surface area contributed by atoms with Gasteiger partial charge in [0, 0.05) is 63.0 Å². The lowest BCUT2D eigenvalue weighted by Crippen LogP contribution is -2.54. The molecule has 3 rings (SSSR count). The van der Waals surface area contributed by atoms with Crippen molar-refractivity contribution in [3.63, 3.8) is 0 Å². The Morgan fingerprint density at radius 1 is 1.03 bits per heavy atom. The van der Waals surface area contributed by atoms with Crippen LogP contribution < -0.4 is 24.8 Å². The number of carbonyl (C=O) groups is 2. The van der Waals surface area contributed by atoms with Crippen LogP contribution in [0.25, 0.3) is 0 Å². The average molecular weight is 435 g/mol. The van der Waals surface area contributed by atoms with Crippen LogP contribution in [-0.4, -0.2) is 87.8 Å². The van der Waals surface area contributed by atoms with Crippen molar-refractivity contribution in [2.24, 2.45) is 0 Å². The summed E-state index contributed by atoms with van der Waals surface area (Å²) in [7, 11) is 4.62. The van der Waals surface area contributed by atoms with Gasteiger partial charge in [-0.05, 0) is 19.8 Å². The zero-order valence-electron chi connectivity index (χ0n) is 18.9. The van der Waals surface area contributed by atoms with Crippen LogP contribution in [0.3, 0.4) is 0 Å². The van der Waals surface area contributed by atoms with Gasteiger partial charge in [0.15, 0.2) is 11.5 Å². The fourth-order valence-corrected chi connectivity index (χ4v) is 3.73. The maximum Gasteiger partial charge on any atom is 0.237 e. The molecule has 1 aliphatic heterocycles. The lowest BCUT2D eigenvalue weighted by molar-refractivity contribution is -0.126. The summed E-state index contributed by atoms with van der Waals surface area (Å²) in [6.45, 7) is 5.99. The van der Waals surface area contributed by atoms with Gasteiger partial charge >= 0.3 is 0 Å². The monoisotopic (exact) mass is 434 g/mol. The van der Waals surface area contributed by atoms with E-state index < -0.39 is 0 Å². The van der Waals surface area contributed by atoms with E-state index in [1.165, 1.54) is 0 Å². The number of nitrogens with zero attached hydrogens (tertiary/aromatic N) is 2. The van der Waals surface area contributed by atoms with Gasteiger partial charge in [-0.3, -0.25) is 14.5 Å². The summed E-state index contributed by atoms with van der Waals surface area (Å²) in [4.78, 5) is 29.2. The fraction of sp³-hybridized carbons (Fsp3) is 0.636. The molecule has 0 bridgehead atoms. The third kappa shape index (κ3) is 6.24. The van der Waals surface area contributed by atoms with Gasteiger partial charge in [-0.25, -0.2) is 0 Å². The minimum absolute atomic E-state index is 0.0751. The molecular weight excluding hydrogens is 400 g/mol. The Balaban J connectivity index is 1.44. The van der Waals surface area contributed by atoms with E-state index in [0.29, 0.717) is 41.9 Å². The third-order valence-corrected chi connectivity index (χ3v) is 5.86. The van der Waals surface area contributed by atoms with Gasteiger partial charge in [0.25, 0.3) is 0 Å². The van der Waals surface area contributed by atoms with E-state index in [4.69, 9.17) is 14.2 Å². The largest absolute Gasteiger partial charge is 0.493 e. The molecule has 1 atom stereocenters. The summed E-state index contributed by atoms with van der Waals surface area (Å²) < 4.78 is 16.0. The molecule has 2 fully saturated rings. The first-order chi connectivity index (χ1) is 14.9. The second kappa shape index (κ2) is 10.7. The molecule has 1 aromatic carbocycles. The van der Waals surface area contributed by atoms with Crippen molar-refractivity contribution in [2.75, 3.05) is 59.4 Å². The van der Waals surface area contributed by atoms with Gasteiger partial charge in [0.2, 0.25) is 17.6 Å². The van der Waals surface area contributed by atoms with E-state index in [0.717, 1.165) is 39.0 Å². The number of amides is 2. The summed E-state index contributed by atoms with van der Waals surface area (Å²) in [5, 5.41) is 5.98. The highest BCUT2D eigenvalue weighted by Crippen LogP contribution is 2.39. The maximum atomic E-state index is 12.5. The molecule has 172 valence electrons. The van der Waals surface area contributed by atoms with Crippen molar-refractivity contribution in [3.8, 4) is 17.2 Å². The molecule has 1 aromatic rings. The van der Waals surface area contributed by atoms with E-state index >= 15 is 0 Å². The third-order valence-electron chi connectivity index (χ3n) is 5.86. The molecule has 9 heteroatoms. The summed E-state index contributed by atoms with van der Waals surface area (Å²) in [6.07, 6.45) is 2.59. The van der Waals surface area contributed by atoms with Crippen molar-refractivity contribution in [2.45, 2.75) is 38.3 Å². The Bertz CT molecular complexity index is 750. The van der Waals surface area contributed by atoms with Crippen LogP contribution in [0.15, 0.2) is 12.1 Å². The maximum absolute atomic E-state index is 12.5. The molecule has 0 spiro atoms. The molecule has 1 heterocycles. The molecule has 1 unspecified atom stereocenters. The van der Waals surface area contributed by atoms with Gasteiger partial charge in [-0.1, -0.05) is 0 Å². The van der Waals surface area contributed by atoms with Gasteiger partial charge in [0.1, 0.15) is 0 Å². The van der Waals surface area contributed by atoms with Crippen LogP contribution in [-0.2, 0) is 9.59 Å². The molecule has 1 aliphatic carbocycles. The Kier molecular flexibility index (Phi) is 7.97. The lowest BCUT2D eigenvalue weighted by Gasteiger charge is -2.37. The van der Waals surface area contributed by atoms with E-state index in [2.05, 4.69) is 20.4 Å². The topological polar surface area (TPSA) is 92.4 Å². The van der Waals surface area contributed by atoms with E-state index in [-0.39, 0.29) is 17.9 Å². The van der Waals surface area contributed by atoms with Gasteiger partial charge in [0.05, 0.1) is 27.4 Å². The fourth-order valence-electron chi connectivity index (χ4n) is 3.73. The molecule has 1 saturated carbocycles. The smallest absolute Gasteiger partial charge is 0.237 e. The Labute approximate surface area is 184 Å². The number of carbonyl (C=O) groups excluding carboxylic acids is 2. The SMILES string of the molecule is COc1cc(NC(=O)CCN2CCN(C(C)C(=O)NC3CC3)CC2)cc(OC)c1OC. The average Bonchev–Trinajstić information content (AvgIpc) is 3.60. The molecule has 31 heavy (non-hydrogen) atoms. The number of rotatable bonds is 10. The first kappa shape index (κ1) is 23.1. The standard InChI is InChI=1S/C22H34N4O5/c1-15(22(28)24-16-5-6-16)26-11-9-25(10-12-26)8-7-20(27)23-17-13-18(29-2)21(31-4)19(14-17)30-3/h13-16H,5-12H2,1-4H3,(H,23,27)(H,24,28). The van der Waals surface area contributed by atoms with Crippen molar-refractivity contribution in [3.05, 3.63) is 12.1 Å². The van der Waals surface area contributed by atoms with Gasteiger partial charge < -0.3 is 29.7 Å². The molecule has 0 radical (unpaired) electrons. The van der Waals surface area contributed by atoms with Crippen LogP contribution in [0.2, 0.25) is 0 Å². The minimum Gasteiger partial charge on any atom is -0.493 e. The minimum atomic E-state index is -0.105. The Hall–Kier alpha value is -2.52. The molecule has 9 nitrogen and oxygen atoms in total. The molecule has 2 amide bonds. The van der Waals surface area contributed by atoms with E-state index in [9.17, 15) is 9.59 Å². The first-order valence-electron chi connectivity index (χ1n) is 10.8. The van der Waals surface area contributed by atoms with Crippen LogP contribution in [0.5, 0.6) is 17.2 Å². The Morgan fingerprint density at radius 3 is 2.16 bits per heavy atom. The molecule has 0 aromatic heterocycles. The Morgan fingerprint density at radius 2 is 1.65 bits per heavy atom. The van der Waals surface area contributed by atoms with Crippen molar-refractivity contribution >= 4 is 17.5 Å². The van der Waals surface area contributed by atoms with Gasteiger partial charge in [-0.2, -0.15) is 0 Å². The number of hydrogen-bond acceptors (Lipinski definition) is 7. The lowest BCUT2D eigenvalue weighted by atomic mass is 10.2. The summed E-state index contributed by atoms with van der Waals surface area (Å²) in [5.41, 5.74) is 0.597. The number of methoxy groups -OCH3 is 3. The number of hydrogen-bond donors (Lipinski definition) is 2. The number of piperazine rings is 1. The molecule has 2 aliphatic rings. The highest BCUT2D eigenvalue weighted by Gasteiger charge is 2.30. The van der Waals surface area contributed by atoms with Crippen LogP contribution in [0, 0.1) is 0 Å². The zero-order valence-corrected chi connectivity index (χ0v) is 18.9. The first-order valence-corrected chi connectivity index (χ1v) is 10.8. The van der Waals surface area contributed by atoms with Crippen molar-refractivity contribution in [1.82, 2.24) is 15.1 Å². The highest BCUT2D eigenvalue weighted by atomic mass is 16.5. The van der Waals surface area contributed by atoms with Crippen LogP contribution >= 0.6 is 0 Å². The van der Waals surface area contributed by atoms with Crippen LogP contribution in [0.1, 0.15) is 26.2 Å². The normalized spacial score (nSPS) is 18.2. The molecule has 2 N–H and O–H groups in total. The highest BCUT2D eigenvalue weighted by molar-refractivity contribution is 5.91. The van der Waals surface area contributed by atoms with Crippen molar-refractivity contribution in [1.29, 1.82) is 0 Å². The number of ether oxygens (including phenoxy) is 3. The summed E-state index contributed by atoms with van der Waals surface area (Å²) in [5.74, 6) is 1.52. The quantitative estimate of drug-likeness (QED) is 0.574. The summed E-state index contributed by atoms with van der Waals surface area (Å²) in [6, 6.07) is 3.71. The van der Waals surface area contributed by atoms with E-state index in [1.807, 2.05) is 6.92 Å². The second-order valence-electron chi connectivity index (χ2n) is 8.05. The number of anilines is 1. The molecule has 1 saturated heterocycles. The van der Waals surface area contributed by atoms with Crippen molar-refractivity contribution < 1.29 is 23.8 Å².